The first-order valence-corrected chi connectivity index (χ1v) is 9.03. The van der Waals surface area contributed by atoms with E-state index in [0.29, 0.717) is 0 Å². The van der Waals surface area contributed by atoms with Crippen molar-refractivity contribution in [2.45, 2.75) is 0 Å². The van der Waals surface area contributed by atoms with E-state index in [1.165, 1.54) is 12.1 Å². The third-order valence-electron chi connectivity index (χ3n) is 3.16. The van der Waals surface area contributed by atoms with Gasteiger partial charge in [0.25, 0.3) is 5.91 Å². The van der Waals surface area contributed by atoms with Crippen molar-refractivity contribution in [1.29, 1.82) is 0 Å². The molecule has 0 atom stereocenters. The summed E-state index contributed by atoms with van der Waals surface area (Å²) in [6.07, 6.45) is 0.957. The van der Waals surface area contributed by atoms with Gasteiger partial charge >= 0.3 is 11.4 Å². The fourth-order valence-electron chi connectivity index (χ4n) is 2.04. The first-order valence-electron chi connectivity index (χ1n) is 7.14. The largest absolute Gasteiger partial charge is 0.346 e. The van der Waals surface area contributed by atoms with Crippen molar-refractivity contribution < 1.29 is 23.1 Å². The molecule has 2 aromatic carbocycles. The first kappa shape index (κ1) is 19.6. The molecule has 0 spiro atoms. The number of amides is 1. The zero-order valence-electron chi connectivity index (χ0n) is 13.7. The number of para-hydroxylation sites is 2. The molecule has 2 aromatic rings. The predicted octanol–water partition coefficient (Wildman–Crippen LogP) is 1.63. The number of sulfonamides is 1. The summed E-state index contributed by atoms with van der Waals surface area (Å²) in [5.74, 6) is -0.817. The molecule has 27 heavy (non-hydrogen) atoms. The number of nitro groups is 2. The molecule has 2 rings (SSSR count). The number of hydrazine groups is 1. The van der Waals surface area contributed by atoms with E-state index in [1.54, 1.807) is 12.1 Å². The van der Waals surface area contributed by atoms with Crippen molar-refractivity contribution >= 4 is 38.7 Å². The van der Waals surface area contributed by atoms with Crippen LogP contribution >= 0.6 is 0 Å². The van der Waals surface area contributed by atoms with Gasteiger partial charge < -0.3 is 0 Å². The second-order valence-corrected chi connectivity index (χ2v) is 6.97. The molecule has 13 heteroatoms. The molecule has 0 radical (unpaired) electrons. The number of carbonyl (C=O) groups is 1. The summed E-state index contributed by atoms with van der Waals surface area (Å²) >= 11 is 0. The molecule has 0 aliphatic heterocycles. The molecule has 0 saturated carbocycles. The molecule has 3 N–H and O–H groups in total. The maximum atomic E-state index is 12.2. The van der Waals surface area contributed by atoms with Gasteiger partial charge in [0.2, 0.25) is 10.0 Å². The number of benzene rings is 2. The molecule has 0 saturated heterocycles. The first-order chi connectivity index (χ1) is 12.6. The summed E-state index contributed by atoms with van der Waals surface area (Å²) in [5.41, 5.74) is 3.34. The molecule has 0 heterocycles. The fraction of sp³-hybridized carbons (Fsp3) is 0.0714. The minimum absolute atomic E-state index is 0.162. The van der Waals surface area contributed by atoms with Crippen LogP contribution in [0, 0.1) is 20.2 Å². The van der Waals surface area contributed by atoms with Crippen molar-refractivity contribution in [3.63, 3.8) is 0 Å². The molecule has 1 amide bonds. The molecule has 0 unspecified atom stereocenters. The van der Waals surface area contributed by atoms with Crippen LogP contribution in [0.4, 0.5) is 22.7 Å². The topological polar surface area (TPSA) is 174 Å². The van der Waals surface area contributed by atoms with Gasteiger partial charge in [0.1, 0.15) is 0 Å². The highest BCUT2D eigenvalue weighted by molar-refractivity contribution is 7.92. The second-order valence-electron chi connectivity index (χ2n) is 5.22. The van der Waals surface area contributed by atoms with E-state index >= 15 is 0 Å². The van der Waals surface area contributed by atoms with Crippen LogP contribution in [0.3, 0.4) is 0 Å². The standard InChI is InChI=1S/C14H13N5O7S/c1-27(25,26)17-11-5-3-2-4-10(11)15-16-14(20)9-6-7-12(18(21)22)13(8-9)19(23)24/h2-8,15,17H,1H3,(H,16,20). The highest BCUT2D eigenvalue weighted by Crippen LogP contribution is 2.27. The molecular weight excluding hydrogens is 382 g/mol. The third-order valence-corrected chi connectivity index (χ3v) is 3.75. The van der Waals surface area contributed by atoms with Crippen LogP contribution in [-0.2, 0) is 10.0 Å². The molecule has 0 fully saturated rings. The monoisotopic (exact) mass is 395 g/mol. The van der Waals surface area contributed by atoms with Crippen LogP contribution in [0.15, 0.2) is 42.5 Å². The summed E-state index contributed by atoms with van der Waals surface area (Å²) in [7, 11) is -3.56. The Morgan fingerprint density at radius 3 is 2.11 bits per heavy atom. The highest BCUT2D eigenvalue weighted by atomic mass is 32.2. The average Bonchev–Trinajstić information content (AvgIpc) is 2.58. The van der Waals surface area contributed by atoms with Crippen molar-refractivity contribution in [3.05, 3.63) is 68.3 Å². The van der Waals surface area contributed by atoms with Crippen molar-refractivity contribution in [3.8, 4) is 0 Å². The van der Waals surface area contributed by atoms with Gasteiger partial charge in [-0.25, -0.2) is 8.42 Å². The number of nitro benzene ring substituents is 2. The van der Waals surface area contributed by atoms with Gasteiger partial charge in [-0.15, -0.1) is 0 Å². The molecule has 0 aliphatic carbocycles. The van der Waals surface area contributed by atoms with Gasteiger partial charge in [-0.2, -0.15) is 0 Å². The molecule has 12 nitrogen and oxygen atoms in total. The van der Waals surface area contributed by atoms with E-state index in [-0.39, 0.29) is 16.9 Å². The molecule has 0 aromatic heterocycles. The molecule has 0 bridgehead atoms. The van der Waals surface area contributed by atoms with E-state index in [0.717, 1.165) is 24.5 Å². The second kappa shape index (κ2) is 7.65. The summed E-state index contributed by atoms with van der Waals surface area (Å²) in [4.78, 5) is 32.0. The molecule has 0 aliphatic rings. The maximum Gasteiger partial charge on any atom is 0.346 e. The van der Waals surface area contributed by atoms with Crippen LogP contribution in [0.2, 0.25) is 0 Å². The Labute approximate surface area is 152 Å². The minimum Gasteiger partial charge on any atom is -0.296 e. The lowest BCUT2D eigenvalue weighted by Gasteiger charge is -2.13. The van der Waals surface area contributed by atoms with Crippen molar-refractivity contribution in [1.82, 2.24) is 5.43 Å². The Balaban J connectivity index is 2.21. The van der Waals surface area contributed by atoms with E-state index in [1.807, 2.05) is 0 Å². The number of rotatable bonds is 7. The number of hydrogen-bond acceptors (Lipinski definition) is 8. The number of hydrogen-bond donors (Lipinski definition) is 3. The minimum atomic E-state index is -3.56. The zero-order chi connectivity index (χ0) is 20.2. The normalized spacial score (nSPS) is 10.7. The van der Waals surface area contributed by atoms with Crippen LogP contribution in [-0.4, -0.2) is 30.4 Å². The van der Waals surface area contributed by atoms with Crippen LogP contribution in [0.5, 0.6) is 0 Å². The van der Waals surface area contributed by atoms with Gasteiger partial charge in [-0.1, -0.05) is 12.1 Å². The molecule has 142 valence electrons. The highest BCUT2D eigenvalue weighted by Gasteiger charge is 2.25. The fourth-order valence-corrected chi connectivity index (χ4v) is 2.62. The van der Waals surface area contributed by atoms with Crippen molar-refractivity contribution in [2.75, 3.05) is 16.4 Å². The number of nitrogens with one attached hydrogen (secondary N) is 3. The van der Waals surface area contributed by atoms with Gasteiger partial charge in [-0.05, 0) is 18.2 Å². The summed E-state index contributed by atoms with van der Waals surface area (Å²) in [6.45, 7) is 0. The quantitative estimate of drug-likeness (QED) is 0.468. The number of anilines is 2. The third kappa shape index (κ3) is 5.12. The Kier molecular flexibility index (Phi) is 5.55. The van der Waals surface area contributed by atoms with E-state index < -0.39 is 37.2 Å². The van der Waals surface area contributed by atoms with Crippen LogP contribution < -0.4 is 15.6 Å². The van der Waals surface area contributed by atoms with Gasteiger partial charge in [-0.3, -0.25) is 40.6 Å². The van der Waals surface area contributed by atoms with E-state index in [9.17, 15) is 33.4 Å². The smallest absolute Gasteiger partial charge is 0.296 e. The van der Waals surface area contributed by atoms with Crippen molar-refractivity contribution in [2.24, 2.45) is 0 Å². The lowest BCUT2D eigenvalue weighted by molar-refractivity contribution is -0.422. The number of nitrogens with zero attached hydrogens (tertiary/aromatic N) is 2. The summed E-state index contributed by atoms with van der Waals surface area (Å²) in [6, 6.07) is 8.77. The maximum absolute atomic E-state index is 12.2. The average molecular weight is 395 g/mol. The Bertz CT molecular complexity index is 1020. The SMILES string of the molecule is CS(=O)(=O)Nc1ccccc1NNC(=O)c1ccc([N+](=O)[O-])c([N+](=O)[O-])c1. The van der Waals surface area contributed by atoms with E-state index in [2.05, 4.69) is 15.6 Å². The van der Waals surface area contributed by atoms with Gasteiger partial charge in [0, 0.05) is 17.7 Å². The van der Waals surface area contributed by atoms with Crippen LogP contribution in [0.1, 0.15) is 10.4 Å². The van der Waals surface area contributed by atoms with E-state index in [4.69, 9.17) is 0 Å². The van der Waals surface area contributed by atoms with Gasteiger partial charge in [0.15, 0.2) is 0 Å². The zero-order valence-corrected chi connectivity index (χ0v) is 14.5. The Morgan fingerprint density at radius 2 is 1.56 bits per heavy atom. The van der Waals surface area contributed by atoms with Gasteiger partial charge in [0.05, 0.1) is 27.5 Å². The summed E-state index contributed by atoms with van der Waals surface area (Å²) in [5, 5.41) is 21.7. The number of carbonyl (C=O) groups excluding carboxylic acids is 1. The lowest BCUT2D eigenvalue weighted by Crippen LogP contribution is -2.30. The molecular formula is C14H13N5O7S. The Morgan fingerprint density at radius 1 is 0.963 bits per heavy atom. The lowest BCUT2D eigenvalue weighted by atomic mass is 10.1. The Hall–Kier alpha value is -3.74. The predicted molar refractivity (Wildman–Crippen MR) is 95.7 cm³/mol. The summed E-state index contributed by atoms with van der Waals surface area (Å²) < 4.78 is 25.0. The van der Waals surface area contributed by atoms with Crippen LogP contribution in [0.25, 0.3) is 0 Å².